The average molecular weight is 703 g/mol. The maximum Gasteiger partial charge on any atom is 0.143 e. The summed E-state index contributed by atoms with van der Waals surface area (Å²) in [4.78, 5) is 2.42. The quantitative estimate of drug-likeness (QED) is 0.172. The maximum absolute atomic E-state index is 6.55. The number of para-hydroxylation sites is 3. The van der Waals surface area contributed by atoms with E-state index in [2.05, 4.69) is 210 Å². The summed E-state index contributed by atoms with van der Waals surface area (Å²) in [5.74, 6) is 0. The molecule has 0 aliphatic rings. The van der Waals surface area contributed by atoms with Crippen molar-refractivity contribution in [1.29, 1.82) is 0 Å². The molecule has 2 heterocycles. The Morgan fingerprint density at radius 3 is 1.89 bits per heavy atom. The van der Waals surface area contributed by atoms with Gasteiger partial charge in [0.1, 0.15) is 11.2 Å². The summed E-state index contributed by atoms with van der Waals surface area (Å²) in [5, 5.41) is 6.98. The number of nitrogens with zero attached hydrogens (tertiary/aromatic N) is 2. The Kier molecular flexibility index (Phi) is 7.17. The van der Waals surface area contributed by atoms with Gasteiger partial charge in [-0.2, -0.15) is 0 Å². The lowest BCUT2D eigenvalue weighted by atomic mass is 9.95. The maximum atomic E-state index is 6.55. The lowest BCUT2D eigenvalue weighted by Crippen LogP contribution is -2.10. The molecule has 258 valence electrons. The Morgan fingerprint density at radius 1 is 0.400 bits per heavy atom. The predicted molar refractivity (Wildman–Crippen MR) is 231 cm³/mol. The van der Waals surface area contributed by atoms with Gasteiger partial charge in [0, 0.05) is 44.0 Å². The molecule has 0 unspecified atom stereocenters. The second kappa shape index (κ2) is 12.6. The highest BCUT2D eigenvalue weighted by atomic mass is 16.3. The van der Waals surface area contributed by atoms with Crippen LogP contribution in [-0.4, -0.2) is 4.57 Å². The number of fused-ring (bicyclic) bond motifs is 8. The summed E-state index contributed by atoms with van der Waals surface area (Å²) < 4.78 is 8.94. The standard InChI is InChI=1S/C52H34N2O/c1-3-15-35(16-4-1)37-18-13-21-41(33-37)53(47-26-14-27-48-51(47)43-23-9-11-25-46(43)54(48)39-19-5-2-6-20-39)40-31-29-36(30-32-40)45-34-38-17-7-8-22-42(38)52-50(45)44-24-10-12-28-49(44)55-52/h1-34H. The van der Waals surface area contributed by atoms with E-state index in [9.17, 15) is 0 Å². The third kappa shape index (κ3) is 5.05. The zero-order valence-corrected chi connectivity index (χ0v) is 29.9. The monoisotopic (exact) mass is 702 g/mol. The predicted octanol–water partition coefficient (Wildman–Crippen LogP) is 14.6. The minimum absolute atomic E-state index is 0.902. The SMILES string of the molecule is c1ccc(-c2cccc(N(c3ccc(-c4cc5ccccc5c5oc6ccccc6c45)cc3)c3cccc4c3c3ccccc3n4-c3ccccc3)c2)cc1. The summed E-state index contributed by atoms with van der Waals surface area (Å²) in [7, 11) is 0. The van der Waals surface area contributed by atoms with Crippen LogP contribution in [0, 0.1) is 0 Å². The Morgan fingerprint density at radius 2 is 1.05 bits per heavy atom. The molecule has 11 rings (SSSR count). The summed E-state index contributed by atoms with van der Waals surface area (Å²) >= 11 is 0. The van der Waals surface area contributed by atoms with Gasteiger partial charge in [0.15, 0.2) is 0 Å². The topological polar surface area (TPSA) is 21.3 Å². The Balaban J connectivity index is 1.15. The molecule has 0 saturated heterocycles. The number of aromatic nitrogens is 1. The molecule has 3 nitrogen and oxygen atoms in total. The lowest BCUT2D eigenvalue weighted by Gasteiger charge is -2.27. The first-order valence-corrected chi connectivity index (χ1v) is 18.8. The van der Waals surface area contributed by atoms with Crippen molar-refractivity contribution < 1.29 is 4.42 Å². The zero-order chi connectivity index (χ0) is 36.3. The Hall–Kier alpha value is -7.36. The van der Waals surface area contributed by atoms with E-state index in [0.717, 1.165) is 72.1 Å². The van der Waals surface area contributed by atoms with Gasteiger partial charge in [0.2, 0.25) is 0 Å². The number of benzene rings is 9. The molecular weight excluding hydrogens is 669 g/mol. The van der Waals surface area contributed by atoms with Crippen LogP contribution in [0.5, 0.6) is 0 Å². The van der Waals surface area contributed by atoms with Crippen LogP contribution < -0.4 is 4.90 Å². The van der Waals surface area contributed by atoms with Crippen LogP contribution in [0.2, 0.25) is 0 Å². The highest BCUT2D eigenvalue weighted by molar-refractivity contribution is 6.21. The van der Waals surface area contributed by atoms with Crippen LogP contribution in [0.1, 0.15) is 0 Å². The molecule has 0 amide bonds. The van der Waals surface area contributed by atoms with E-state index in [4.69, 9.17) is 4.42 Å². The molecule has 0 aliphatic carbocycles. The first kappa shape index (κ1) is 31.2. The van der Waals surface area contributed by atoms with Gasteiger partial charge in [-0.1, -0.05) is 140 Å². The first-order valence-electron chi connectivity index (χ1n) is 18.8. The van der Waals surface area contributed by atoms with Gasteiger partial charge in [-0.15, -0.1) is 0 Å². The number of hydrogen-bond acceptors (Lipinski definition) is 2. The fourth-order valence-electron chi connectivity index (χ4n) is 8.50. The molecule has 9 aromatic carbocycles. The summed E-state index contributed by atoms with van der Waals surface area (Å²) in [6.45, 7) is 0. The van der Waals surface area contributed by atoms with Crippen LogP contribution in [0.3, 0.4) is 0 Å². The first-order chi connectivity index (χ1) is 27.3. The molecular formula is C52H34N2O. The number of anilines is 3. The molecule has 0 spiro atoms. The fourth-order valence-corrected chi connectivity index (χ4v) is 8.50. The van der Waals surface area contributed by atoms with Crippen molar-refractivity contribution >= 4 is 71.6 Å². The van der Waals surface area contributed by atoms with Crippen LogP contribution in [0.25, 0.3) is 82.5 Å². The molecule has 3 heteroatoms. The molecule has 0 bridgehead atoms. The van der Waals surface area contributed by atoms with E-state index < -0.39 is 0 Å². The molecule has 55 heavy (non-hydrogen) atoms. The van der Waals surface area contributed by atoms with Gasteiger partial charge in [-0.25, -0.2) is 0 Å². The van der Waals surface area contributed by atoms with Gasteiger partial charge in [0.05, 0.1) is 16.7 Å². The molecule has 11 aromatic rings. The van der Waals surface area contributed by atoms with Gasteiger partial charge < -0.3 is 13.9 Å². The van der Waals surface area contributed by atoms with E-state index in [1.165, 1.54) is 27.4 Å². The van der Waals surface area contributed by atoms with E-state index in [-0.39, 0.29) is 0 Å². The van der Waals surface area contributed by atoms with E-state index in [1.54, 1.807) is 0 Å². The van der Waals surface area contributed by atoms with Gasteiger partial charge in [-0.05, 0) is 94.4 Å². The number of furan rings is 1. The van der Waals surface area contributed by atoms with E-state index in [0.29, 0.717) is 0 Å². The van der Waals surface area contributed by atoms with E-state index >= 15 is 0 Å². The van der Waals surface area contributed by atoms with Crippen LogP contribution in [0.4, 0.5) is 17.1 Å². The normalized spacial score (nSPS) is 11.6. The average Bonchev–Trinajstić information content (AvgIpc) is 3.82. The van der Waals surface area contributed by atoms with Crippen LogP contribution >= 0.6 is 0 Å². The second-order valence-electron chi connectivity index (χ2n) is 14.1. The van der Waals surface area contributed by atoms with Crippen LogP contribution in [0.15, 0.2) is 211 Å². The molecule has 0 aliphatic heterocycles. The summed E-state index contributed by atoms with van der Waals surface area (Å²) in [6, 6.07) is 73.9. The summed E-state index contributed by atoms with van der Waals surface area (Å²) in [6.07, 6.45) is 0. The van der Waals surface area contributed by atoms with Crippen molar-refractivity contribution in [2.24, 2.45) is 0 Å². The number of rotatable bonds is 6. The lowest BCUT2D eigenvalue weighted by molar-refractivity contribution is 0.673. The third-order valence-electron chi connectivity index (χ3n) is 10.9. The van der Waals surface area contributed by atoms with Crippen molar-refractivity contribution in [3.05, 3.63) is 206 Å². The van der Waals surface area contributed by atoms with Crippen molar-refractivity contribution in [1.82, 2.24) is 4.57 Å². The van der Waals surface area contributed by atoms with Crippen molar-refractivity contribution in [3.8, 4) is 27.9 Å². The van der Waals surface area contributed by atoms with Crippen LogP contribution in [-0.2, 0) is 0 Å². The Labute approximate surface area is 318 Å². The highest BCUT2D eigenvalue weighted by Gasteiger charge is 2.22. The minimum Gasteiger partial charge on any atom is -0.455 e. The molecule has 0 N–H and O–H groups in total. The zero-order valence-electron chi connectivity index (χ0n) is 29.9. The van der Waals surface area contributed by atoms with E-state index in [1.807, 2.05) is 6.07 Å². The van der Waals surface area contributed by atoms with Gasteiger partial charge >= 0.3 is 0 Å². The fraction of sp³-hybridized carbons (Fsp3) is 0. The van der Waals surface area contributed by atoms with Crippen molar-refractivity contribution in [3.63, 3.8) is 0 Å². The third-order valence-corrected chi connectivity index (χ3v) is 10.9. The molecule has 0 fully saturated rings. The largest absolute Gasteiger partial charge is 0.455 e. The highest BCUT2D eigenvalue weighted by Crippen LogP contribution is 2.46. The summed E-state index contributed by atoms with van der Waals surface area (Å²) in [5.41, 5.74) is 13.3. The van der Waals surface area contributed by atoms with Gasteiger partial charge in [-0.3, -0.25) is 0 Å². The molecule has 2 aromatic heterocycles. The molecule has 0 atom stereocenters. The smallest absolute Gasteiger partial charge is 0.143 e. The van der Waals surface area contributed by atoms with Gasteiger partial charge in [0.25, 0.3) is 0 Å². The molecule has 0 radical (unpaired) electrons. The Bertz CT molecular complexity index is 3190. The second-order valence-corrected chi connectivity index (χ2v) is 14.1. The van der Waals surface area contributed by atoms with Crippen molar-refractivity contribution in [2.45, 2.75) is 0 Å². The van der Waals surface area contributed by atoms with Crippen molar-refractivity contribution in [2.75, 3.05) is 4.90 Å². The molecule has 0 saturated carbocycles. The number of hydrogen-bond donors (Lipinski definition) is 0. The minimum atomic E-state index is 0.902.